The Labute approximate surface area is 181 Å². The molecule has 1 atom stereocenters. The SMILES string of the molecule is O=C(NC[C@H]1CCCO1)c1coc(CN(Cc2ccccc2)Cc2ccc(F)cc2)n1. The van der Waals surface area contributed by atoms with E-state index in [9.17, 15) is 9.18 Å². The molecule has 2 aromatic carbocycles. The molecule has 3 aromatic rings. The van der Waals surface area contributed by atoms with Crippen LogP contribution in [0, 0.1) is 5.82 Å². The van der Waals surface area contributed by atoms with Crippen molar-refractivity contribution in [3.8, 4) is 0 Å². The summed E-state index contributed by atoms with van der Waals surface area (Å²) in [6, 6.07) is 16.5. The summed E-state index contributed by atoms with van der Waals surface area (Å²) in [5.41, 5.74) is 2.39. The highest BCUT2D eigenvalue weighted by molar-refractivity contribution is 5.91. The lowest BCUT2D eigenvalue weighted by Gasteiger charge is -2.21. The number of amides is 1. The summed E-state index contributed by atoms with van der Waals surface area (Å²) in [5.74, 6) is -0.0660. The normalized spacial score (nSPS) is 16.0. The predicted octanol–water partition coefficient (Wildman–Crippen LogP) is 3.92. The van der Waals surface area contributed by atoms with E-state index in [-0.39, 0.29) is 23.5 Å². The van der Waals surface area contributed by atoms with Gasteiger partial charge in [-0.15, -0.1) is 0 Å². The van der Waals surface area contributed by atoms with E-state index in [2.05, 4.69) is 27.3 Å². The molecule has 0 radical (unpaired) electrons. The van der Waals surface area contributed by atoms with Gasteiger partial charge in [-0.3, -0.25) is 9.69 Å². The van der Waals surface area contributed by atoms with Gasteiger partial charge in [0.1, 0.15) is 12.1 Å². The highest BCUT2D eigenvalue weighted by atomic mass is 19.1. The van der Waals surface area contributed by atoms with Crippen molar-refractivity contribution in [3.05, 3.63) is 89.4 Å². The van der Waals surface area contributed by atoms with Crippen molar-refractivity contribution in [2.75, 3.05) is 13.2 Å². The molecule has 0 bridgehead atoms. The Morgan fingerprint density at radius 3 is 2.52 bits per heavy atom. The fraction of sp³-hybridized carbons (Fsp3) is 0.333. The van der Waals surface area contributed by atoms with Gasteiger partial charge in [-0.25, -0.2) is 9.37 Å². The first-order valence-electron chi connectivity index (χ1n) is 10.5. The second-order valence-corrected chi connectivity index (χ2v) is 7.73. The minimum absolute atomic E-state index is 0.0763. The number of nitrogens with one attached hydrogen (secondary N) is 1. The third-order valence-electron chi connectivity index (χ3n) is 5.23. The van der Waals surface area contributed by atoms with Crippen LogP contribution in [0.25, 0.3) is 0 Å². The Morgan fingerprint density at radius 1 is 1.06 bits per heavy atom. The third kappa shape index (κ3) is 6.23. The Kier molecular flexibility index (Phi) is 7.07. The summed E-state index contributed by atoms with van der Waals surface area (Å²) in [7, 11) is 0. The van der Waals surface area contributed by atoms with Gasteiger partial charge in [-0.1, -0.05) is 42.5 Å². The minimum atomic E-state index is -0.265. The standard InChI is InChI=1S/C24H26FN3O3/c25-20-10-8-19(9-11-20)15-28(14-18-5-2-1-3-6-18)16-23-27-22(17-31-23)24(29)26-13-21-7-4-12-30-21/h1-3,5-6,8-11,17,21H,4,7,12-16H2,(H,26,29)/t21-/m1/s1. The number of carbonyl (C=O) groups excluding carboxylic acids is 1. The van der Waals surface area contributed by atoms with E-state index in [1.54, 1.807) is 12.1 Å². The van der Waals surface area contributed by atoms with Crippen molar-refractivity contribution in [1.82, 2.24) is 15.2 Å². The van der Waals surface area contributed by atoms with Gasteiger partial charge in [0.2, 0.25) is 5.89 Å². The zero-order chi connectivity index (χ0) is 21.5. The van der Waals surface area contributed by atoms with E-state index in [0.717, 1.165) is 30.6 Å². The lowest BCUT2D eigenvalue weighted by atomic mass is 10.1. The summed E-state index contributed by atoms with van der Waals surface area (Å²) in [4.78, 5) is 18.9. The minimum Gasteiger partial charge on any atom is -0.447 e. The second kappa shape index (κ2) is 10.3. The van der Waals surface area contributed by atoms with Crippen LogP contribution in [-0.4, -0.2) is 35.0 Å². The van der Waals surface area contributed by atoms with Gasteiger partial charge >= 0.3 is 0 Å². The molecular formula is C24H26FN3O3. The summed E-state index contributed by atoms with van der Waals surface area (Å²) in [6.07, 6.45) is 3.45. The zero-order valence-corrected chi connectivity index (χ0v) is 17.3. The monoisotopic (exact) mass is 423 g/mol. The molecule has 6 nitrogen and oxygen atoms in total. The van der Waals surface area contributed by atoms with E-state index in [0.29, 0.717) is 32.1 Å². The van der Waals surface area contributed by atoms with Gasteiger partial charge in [0.05, 0.1) is 12.6 Å². The van der Waals surface area contributed by atoms with Gasteiger partial charge in [0.15, 0.2) is 5.69 Å². The van der Waals surface area contributed by atoms with Crippen LogP contribution in [0.15, 0.2) is 65.3 Å². The average molecular weight is 423 g/mol. The van der Waals surface area contributed by atoms with Crippen LogP contribution in [0.2, 0.25) is 0 Å². The molecule has 1 aromatic heterocycles. The first kappa shape index (κ1) is 21.2. The molecule has 31 heavy (non-hydrogen) atoms. The summed E-state index contributed by atoms with van der Waals surface area (Å²) < 4.78 is 24.4. The molecule has 162 valence electrons. The number of hydrogen-bond donors (Lipinski definition) is 1. The zero-order valence-electron chi connectivity index (χ0n) is 17.3. The van der Waals surface area contributed by atoms with Gasteiger partial charge in [0.25, 0.3) is 5.91 Å². The van der Waals surface area contributed by atoms with Gasteiger partial charge in [-0.2, -0.15) is 0 Å². The Hall–Kier alpha value is -3.03. The number of nitrogens with zero attached hydrogens (tertiary/aromatic N) is 2. The second-order valence-electron chi connectivity index (χ2n) is 7.73. The number of oxazole rings is 1. The van der Waals surface area contributed by atoms with Crippen molar-refractivity contribution in [2.45, 2.75) is 38.6 Å². The molecule has 1 aliphatic heterocycles. The maximum absolute atomic E-state index is 13.3. The van der Waals surface area contributed by atoms with Crippen LogP contribution < -0.4 is 5.32 Å². The molecule has 1 N–H and O–H groups in total. The summed E-state index contributed by atoms with van der Waals surface area (Å²) in [5, 5.41) is 2.86. The van der Waals surface area contributed by atoms with Crippen molar-refractivity contribution in [1.29, 1.82) is 0 Å². The number of benzene rings is 2. The molecule has 0 spiro atoms. The molecule has 1 amide bonds. The van der Waals surface area contributed by atoms with Crippen LogP contribution in [-0.2, 0) is 24.4 Å². The van der Waals surface area contributed by atoms with Crippen molar-refractivity contribution in [2.24, 2.45) is 0 Å². The lowest BCUT2D eigenvalue weighted by Crippen LogP contribution is -2.32. The summed E-state index contributed by atoms with van der Waals surface area (Å²) >= 11 is 0. The maximum atomic E-state index is 13.3. The molecule has 1 fully saturated rings. The Balaban J connectivity index is 1.40. The highest BCUT2D eigenvalue weighted by Crippen LogP contribution is 2.15. The number of hydrogen-bond acceptors (Lipinski definition) is 5. The number of carbonyl (C=O) groups is 1. The third-order valence-corrected chi connectivity index (χ3v) is 5.23. The van der Waals surface area contributed by atoms with E-state index in [1.807, 2.05) is 18.2 Å². The lowest BCUT2D eigenvalue weighted by molar-refractivity contribution is 0.0853. The first-order chi connectivity index (χ1) is 15.2. The van der Waals surface area contributed by atoms with Gasteiger partial charge < -0.3 is 14.5 Å². The van der Waals surface area contributed by atoms with Crippen molar-refractivity contribution >= 4 is 5.91 Å². The van der Waals surface area contributed by atoms with Gasteiger partial charge in [-0.05, 0) is 36.1 Å². The predicted molar refractivity (Wildman–Crippen MR) is 114 cm³/mol. The molecule has 0 aliphatic carbocycles. The molecule has 7 heteroatoms. The van der Waals surface area contributed by atoms with E-state index in [1.165, 1.54) is 18.4 Å². The number of halogens is 1. The van der Waals surface area contributed by atoms with Crippen LogP contribution in [0.1, 0.15) is 40.3 Å². The van der Waals surface area contributed by atoms with Gasteiger partial charge in [0, 0.05) is 26.2 Å². The van der Waals surface area contributed by atoms with Crippen LogP contribution in [0.4, 0.5) is 4.39 Å². The molecule has 4 rings (SSSR count). The smallest absolute Gasteiger partial charge is 0.273 e. The number of ether oxygens (including phenoxy) is 1. The molecular weight excluding hydrogens is 397 g/mol. The summed E-state index contributed by atoms with van der Waals surface area (Å²) in [6.45, 7) is 2.91. The van der Waals surface area contributed by atoms with E-state index < -0.39 is 0 Å². The molecule has 1 aliphatic rings. The highest BCUT2D eigenvalue weighted by Gasteiger charge is 2.19. The van der Waals surface area contributed by atoms with E-state index in [4.69, 9.17) is 9.15 Å². The van der Waals surface area contributed by atoms with Crippen molar-refractivity contribution < 1.29 is 18.3 Å². The average Bonchev–Trinajstić information content (AvgIpc) is 3.47. The maximum Gasteiger partial charge on any atom is 0.273 e. The fourth-order valence-electron chi connectivity index (χ4n) is 3.64. The fourth-order valence-corrected chi connectivity index (χ4v) is 3.64. The molecule has 0 saturated carbocycles. The number of aromatic nitrogens is 1. The van der Waals surface area contributed by atoms with Crippen LogP contribution in [0.5, 0.6) is 0 Å². The topological polar surface area (TPSA) is 67.6 Å². The Morgan fingerprint density at radius 2 is 1.81 bits per heavy atom. The quantitative estimate of drug-likeness (QED) is 0.565. The number of rotatable bonds is 9. The first-order valence-corrected chi connectivity index (χ1v) is 10.5. The molecule has 0 unspecified atom stereocenters. The molecule has 2 heterocycles. The van der Waals surface area contributed by atoms with Crippen LogP contribution in [0.3, 0.4) is 0 Å². The van der Waals surface area contributed by atoms with Crippen LogP contribution >= 0.6 is 0 Å². The van der Waals surface area contributed by atoms with E-state index >= 15 is 0 Å². The Bertz CT molecular complexity index is 969. The van der Waals surface area contributed by atoms with Crippen molar-refractivity contribution in [3.63, 3.8) is 0 Å². The molecule has 1 saturated heterocycles. The largest absolute Gasteiger partial charge is 0.447 e.